The van der Waals surface area contributed by atoms with Gasteiger partial charge in [-0.25, -0.2) is 0 Å². The molecule has 2 N–H and O–H groups in total. The SMILES string of the molecule is CCCCCCC1CC(C)(C)CCC1CN. The first-order valence-electron chi connectivity index (χ1n) is 7.29. The van der Waals surface area contributed by atoms with E-state index in [4.69, 9.17) is 5.73 Å². The van der Waals surface area contributed by atoms with E-state index in [-0.39, 0.29) is 0 Å². The Labute approximate surface area is 102 Å². The maximum atomic E-state index is 5.91. The highest BCUT2D eigenvalue weighted by molar-refractivity contribution is 4.85. The third kappa shape index (κ3) is 4.45. The average Bonchev–Trinajstić information content (AvgIpc) is 2.24. The highest BCUT2D eigenvalue weighted by atomic mass is 14.6. The van der Waals surface area contributed by atoms with Crippen molar-refractivity contribution in [3.8, 4) is 0 Å². The predicted molar refractivity (Wildman–Crippen MR) is 72.4 cm³/mol. The minimum atomic E-state index is 0.571. The van der Waals surface area contributed by atoms with Gasteiger partial charge in [-0.05, 0) is 43.1 Å². The van der Waals surface area contributed by atoms with Crippen LogP contribution in [0.3, 0.4) is 0 Å². The maximum Gasteiger partial charge on any atom is -0.00462 e. The van der Waals surface area contributed by atoms with Gasteiger partial charge in [-0.1, -0.05) is 52.9 Å². The second-order valence-corrected chi connectivity index (χ2v) is 6.51. The van der Waals surface area contributed by atoms with Crippen LogP contribution >= 0.6 is 0 Å². The molecule has 0 bridgehead atoms. The van der Waals surface area contributed by atoms with E-state index in [9.17, 15) is 0 Å². The molecular formula is C15H31N. The summed E-state index contributed by atoms with van der Waals surface area (Å²) < 4.78 is 0. The monoisotopic (exact) mass is 225 g/mol. The summed E-state index contributed by atoms with van der Waals surface area (Å²) in [5.41, 5.74) is 6.48. The minimum Gasteiger partial charge on any atom is -0.330 e. The lowest BCUT2D eigenvalue weighted by atomic mass is 9.66. The van der Waals surface area contributed by atoms with Gasteiger partial charge < -0.3 is 5.73 Å². The molecular weight excluding hydrogens is 194 g/mol. The predicted octanol–water partition coefficient (Wildman–Crippen LogP) is 4.36. The second kappa shape index (κ2) is 6.64. The van der Waals surface area contributed by atoms with Crippen molar-refractivity contribution in [1.82, 2.24) is 0 Å². The molecule has 1 aliphatic rings. The molecule has 0 saturated heterocycles. The normalized spacial score (nSPS) is 29.2. The van der Waals surface area contributed by atoms with Gasteiger partial charge in [0.2, 0.25) is 0 Å². The van der Waals surface area contributed by atoms with E-state index in [1.807, 2.05) is 0 Å². The van der Waals surface area contributed by atoms with Gasteiger partial charge in [0.15, 0.2) is 0 Å². The average molecular weight is 225 g/mol. The van der Waals surface area contributed by atoms with Crippen LogP contribution in [-0.2, 0) is 0 Å². The molecule has 1 saturated carbocycles. The smallest absolute Gasteiger partial charge is 0.00462 e. The van der Waals surface area contributed by atoms with E-state index in [2.05, 4.69) is 20.8 Å². The molecule has 0 heterocycles. The third-order valence-corrected chi connectivity index (χ3v) is 4.40. The Morgan fingerprint density at radius 3 is 2.50 bits per heavy atom. The molecule has 0 spiro atoms. The molecule has 1 fully saturated rings. The summed E-state index contributed by atoms with van der Waals surface area (Å²) in [6, 6.07) is 0. The first-order chi connectivity index (χ1) is 7.59. The largest absolute Gasteiger partial charge is 0.330 e. The van der Waals surface area contributed by atoms with Crippen molar-refractivity contribution in [2.45, 2.75) is 72.1 Å². The zero-order valence-electron chi connectivity index (χ0n) is 11.6. The Morgan fingerprint density at radius 1 is 1.12 bits per heavy atom. The lowest BCUT2D eigenvalue weighted by molar-refractivity contribution is 0.113. The van der Waals surface area contributed by atoms with Crippen molar-refractivity contribution in [2.75, 3.05) is 6.54 Å². The summed E-state index contributed by atoms with van der Waals surface area (Å²) in [6.07, 6.45) is 11.2. The van der Waals surface area contributed by atoms with Crippen LogP contribution in [0.25, 0.3) is 0 Å². The van der Waals surface area contributed by atoms with E-state index < -0.39 is 0 Å². The summed E-state index contributed by atoms with van der Waals surface area (Å²) in [7, 11) is 0. The lowest BCUT2D eigenvalue weighted by Gasteiger charge is -2.40. The standard InChI is InChI=1S/C15H31N/c1-4-5-6-7-8-13-11-15(2,3)10-9-14(13)12-16/h13-14H,4-12,16H2,1-3H3. The molecule has 1 nitrogen and oxygen atoms in total. The van der Waals surface area contributed by atoms with Crippen molar-refractivity contribution in [1.29, 1.82) is 0 Å². The van der Waals surface area contributed by atoms with Crippen LogP contribution in [0, 0.1) is 17.3 Å². The van der Waals surface area contributed by atoms with Gasteiger partial charge in [-0.3, -0.25) is 0 Å². The fourth-order valence-corrected chi connectivity index (χ4v) is 3.27. The Kier molecular flexibility index (Phi) is 5.82. The summed E-state index contributed by atoms with van der Waals surface area (Å²) in [6.45, 7) is 8.05. The number of unbranched alkanes of at least 4 members (excludes halogenated alkanes) is 3. The number of nitrogens with two attached hydrogens (primary N) is 1. The molecule has 1 heteroatoms. The Balaban J connectivity index is 2.34. The first-order valence-corrected chi connectivity index (χ1v) is 7.29. The van der Waals surface area contributed by atoms with Crippen molar-refractivity contribution in [3.63, 3.8) is 0 Å². The van der Waals surface area contributed by atoms with Gasteiger partial charge in [0.25, 0.3) is 0 Å². The van der Waals surface area contributed by atoms with Crippen molar-refractivity contribution in [2.24, 2.45) is 23.0 Å². The summed E-state index contributed by atoms with van der Waals surface area (Å²) >= 11 is 0. The van der Waals surface area contributed by atoms with E-state index >= 15 is 0 Å². The van der Waals surface area contributed by atoms with Gasteiger partial charge in [-0.15, -0.1) is 0 Å². The first kappa shape index (κ1) is 14.0. The molecule has 0 aromatic rings. The summed E-state index contributed by atoms with van der Waals surface area (Å²) in [4.78, 5) is 0. The fraction of sp³-hybridized carbons (Fsp3) is 1.00. The van der Waals surface area contributed by atoms with Gasteiger partial charge in [0.1, 0.15) is 0 Å². The van der Waals surface area contributed by atoms with Crippen LogP contribution in [-0.4, -0.2) is 6.54 Å². The number of hydrogen-bond acceptors (Lipinski definition) is 1. The van der Waals surface area contributed by atoms with E-state index in [1.165, 1.54) is 51.4 Å². The van der Waals surface area contributed by atoms with E-state index in [1.54, 1.807) is 0 Å². The molecule has 16 heavy (non-hydrogen) atoms. The molecule has 1 aliphatic carbocycles. The number of rotatable bonds is 6. The lowest BCUT2D eigenvalue weighted by Crippen LogP contribution is -2.34. The zero-order valence-corrected chi connectivity index (χ0v) is 11.6. The topological polar surface area (TPSA) is 26.0 Å². The summed E-state index contributed by atoms with van der Waals surface area (Å²) in [5.74, 6) is 1.72. The van der Waals surface area contributed by atoms with Gasteiger partial charge >= 0.3 is 0 Å². The third-order valence-electron chi connectivity index (χ3n) is 4.40. The zero-order chi connectivity index (χ0) is 12.0. The number of hydrogen-bond donors (Lipinski definition) is 1. The molecule has 0 aromatic carbocycles. The van der Waals surface area contributed by atoms with E-state index in [0.29, 0.717) is 5.41 Å². The second-order valence-electron chi connectivity index (χ2n) is 6.51. The Bertz CT molecular complexity index is 186. The minimum absolute atomic E-state index is 0.571. The van der Waals surface area contributed by atoms with E-state index in [0.717, 1.165) is 18.4 Å². The quantitative estimate of drug-likeness (QED) is 0.668. The highest BCUT2D eigenvalue weighted by Crippen LogP contribution is 2.43. The van der Waals surface area contributed by atoms with Crippen LogP contribution < -0.4 is 5.73 Å². The maximum absolute atomic E-state index is 5.91. The molecule has 2 unspecified atom stereocenters. The summed E-state index contributed by atoms with van der Waals surface area (Å²) in [5, 5.41) is 0. The molecule has 0 aromatic heterocycles. The van der Waals surface area contributed by atoms with Gasteiger partial charge in [0, 0.05) is 0 Å². The molecule has 0 amide bonds. The molecule has 1 rings (SSSR count). The Morgan fingerprint density at radius 2 is 1.88 bits per heavy atom. The van der Waals surface area contributed by atoms with Crippen LogP contribution in [0.5, 0.6) is 0 Å². The van der Waals surface area contributed by atoms with Crippen molar-refractivity contribution >= 4 is 0 Å². The molecule has 96 valence electrons. The molecule has 0 aliphatic heterocycles. The van der Waals surface area contributed by atoms with Crippen LogP contribution in [0.4, 0.5) is 0 Å². The molecule has 2 atom stereocenters. The fourth-order valence-electron chi connectivity index (χ4n) is 3.27. The van der Waals surface area contributed by atoms with Crippen molar-refractivity contribution < 1.29 is 0 Å². The van der Waals surface area contributed by atoms with Crippen LogP contribution in [0.2, 0.25) is 0 Å². The van der Waals surface area contributed by atoms with Crippen LogP contribution in [0.15, 0.2) is 0 Å². The van der Waals surface area contributed by atoms with Gasteiger partial charge in [-0.2, -0.15) is 0 Å². The van der Waals surface area contributed by atoms with Gasteiger partial charge in [0.05, 0.1) is 0 Å². The van der Waals surface area contributed by atoms with Crippen LogP contribution in [0.1, 0.15) is 72.1 Å². The Hall–Kier alpha value is -0.0400. The molecule has 0 radical (unpaired) electrons. The van der Waals surface area contributed by atoms with Crippen molar-refractivity contribution in [3.05, 3.63) is 0 Å². The highest BCUT2D eigenvalue weighted by Gasteiger charge is 2.33.